The molecule has 1 unspecified atom stereocenters. The molecule has 0 radical (unpaired) electrons. The lowest BCUT2D eigenvalue weighted by Gasteiger charge is -2.22. The van der Waals surface area contributed by atoms with E-state index in [0.29, 0.717) is 29.7 Å². The van der Waals surface area contributed by atoms with Gasteiger partial charge >= 0.3 is 5.51 Å². The second-order valence-electron chi connectivity index (χ2n) is 5.41. The molecule has 12 heteroatoms. The van der Waals surface area contributed by atoms with Gasteiger partial charge in [-0.2, -0.15) is 13.2 Å². The molecule has 2 aromatic rings. The van der Waals surface area contributed by atoms with Crippen LogP contribution in [-0.4, -0.2) is 41.7 Å². The van der Waals surface area contributed by atoms with Crippen molar-refractivity contribution < 1.29 is 39.5 Å². The van der Waals surface area contributed by atoms with Crippen LogP contribution in [0.15, 0.2) is 41.3 Å². The zero-order chi connectivity index (χ0) is 19.2. The summed E-state index contributed by atoms with van der Waals surface area (Å²) in [5.74, 6) is 0.507. The molecule has 1 heterocycles. The Morgan fingerprint density at radius 2 is 1.69 bits per heavy atom. The van der Waals surface area contributed by atoms with Crippen molar-refractivity contribution in [3.8, 4) is 5.75 Å². The van der Waals surface area contributed by atoms with Crippen LogP contribution in [0.4, 0.5) is 13.2 Å². The molecule has 142 valence electrons. The summed E-state index contributed by atoms with van der Waals surface area (Å²) >= 11 is 0. The standard InChI is InChI=1S/C14H11F3NO6S2/c15-14(16,17)26(21,22)18-25(19,20)13-4-2-9-5-11(3-1-10(9)6-13)23-7-12-8-24-12/h1-6,12H,7-8H2/q-1. The fraction of sp³-hybridized carbons (Fsp3) is 0.286. The Kier molecular flexibility index (Phi) is 4.63. The number of ether oxygens (including phenoxy) is 2. The molecule has 26 heavy (non-hydrogen) atoms. The molecule has 1 saturated heterocycles. The second-order valence-corrected chi connectivity index (χ2v) is 8.84. The highest BCUT2D eigenvalue weighted by atomic mass is 32.3. The third-order valence-electron chi connectivity index (χ3n) is 3.41. The fourth-order valence-electron chi connectivity index (χ4n) is 2.02. The molecule has 0 aromatic heterocycles. The highest BCUT2D eigenvalue weighted by Crippen LogP contribution is 2.33. The van der Waals surface area contributed by atoms with Crippen LogP contribution in [0.5, 0.6) is 5.75 Å². The number of nitrogens with zero attached hydrogens (tertiary/aromatic N) is 1. The molecule has 1 fully saturated rings. The van der Waals surface area contributed by atoms with Gasteiger partial charge in [0.1, 0.15) is 28.5 Å². The van der Waals surface area contributed by atoms with E-state index in [1.807, 2.05) is 4.13 Å². The minimum absolute atomic E-state index is 0.0513. The van der Waals surface area contributed by atoms with Crippen LogP contribution < -0.4 is 4.74 Å². The summed E-state index contributed by atoms with van der Waals surface area (Å²) in [6.07, 6.45) is 0.0513. The highest BCUT2D eigenvalue weighted by molar-refractivity contribution is 8.12. The molecule has 0 bridgehead atoms. The third-order valence-corrected chi connectivity index (χ3v) is 6.41. The number of alkyl halides is 3. The molecule has 0 saturated carbocycles. The van der Waals surface area contributed by atoms with Crippen LogP contribution in [0, 0.1) is 0 Å². The summed E-state index contributed by atoms with van der Waals surface area (Å²) in [4.78, 5) is -0.669. The smallest absolute Gasteiger partial charge is 0.480 e. The maximum Gasteiger partial charge on any atom is 0.480 e. The molecule has 1 aliphatic rings. The first kappa shape index (κ1) is 18.9. The number of fused-ring (bicyclic) bond motifs is 1. The van der Waals surface area contributed by atoms with Gasteiger partial charge in [0.15, 0.2) is 10.0 Å². The average molecular weight is 410 g/mol. The van der Waals surface area contributed by atoms with Gasteiger partial charge in [0.25, 0.3) is 0 Å². The molecular weight excluding hydrogens is 399 g/mol. The topological polar surface area (TPSA) is 104 Å². The molecule has 1 atom stereocenters. The summed E-state index contributed by atoms with van der Waals surface area (Å²) in [5.41, 5.74) is -5.80. The van der Waals surface area contributed by atoms with Gasteiger partial charge in [-0.25, -0.2) is 16.8 Å². The van der Waals surface area contributed by atoms with Crippen molar-refractivity contribution in [2.45, 2.75) is 16.5 Å². The molecule has 0 N–H and O–H groups in total. The van der Waals surface area contributed by atoms with Crippen LogP contribution in [0.2, 0.25) is 0 Å². The highest BCUT2D eigenvalue weighted by Gasteiger charge is 2.40. The van der Waals surface area contributed by atoms with Crippen LogP contribution in [0.1, 0.15) is 0 Å². The molecular formula is C14H11F3NO6S2-. The fourth-order valence-corrected chi connectivity index (χ4v) is 4.25. The molecule has 0 spiro atoms. The molecule has 3 rings (SSSR count). The Bertz CT molecular complexity index is 1050. The van der Waals surface area contributed by atoms with Gasteiger partial charge in [-0.15, -0.1) is 0 Å². The number of epoxide rings is 1. The first-order valence-corrected chi connectivity index (χ1v) is 9.95. The van der Waals surface area contributed by atoms with Crippen molar-refractivity contribution in [1.82, 2.24) is 0 Å². The van der Waals surface area contributed by atoms with Crippen molar-refractivity contribution in [1.29, 1.82) is 0 Å². The van der Waals surface area contributed by atoms with E-state index in [1.54, 1.807) is 12.1 Å². The predicted octanol–water partition coefficient (Wildman–Crippen LogP) is 2.53. The third kappa shape index (κ3) is 4.09. The lowest BCUT2D eigenvalue weighted by molar-refractivity contribution is -0.0425. The monoisotopic (exact) mass is 410 g/mol. The first-order valence-electron chi connectivity index (χ1n) is 7.07. The largest absolute Gasteiger partial charge is 0.491 e. The van der Waals surface area contributed by atoms with Crippen LogP contribution in [0.3, 0.4) is 0 Å². The van der Waals surface area contributed by atoms with Crippen molar-refractivity contribution in [3.05, 3.63) is 40.5 Å². The lowest BCUT2D eigenvalue weighted by Crippen LogP contribution is -2.24. The van der Waals surface area contributed by atoms with Crippen molar-refractivity contribution >= 4 is 30.8 Å². The number of benzene rings is 2. The lowest BCUT2D eigenvalue weighted by atomic mass is 10.1. The van der Waals surface area contributed by atoms with E-state index in [2.05, 4.69) is 0 Å². The molecule has 1 aliphatic heterocycles. The number of hydrogen-bond acceptors (Lipinski definition) is 6. The Morgan fingerprint density at radius 1 is 1.08 bits per heavy atom. The second kappa shape index (κ2) is 6.37. The van der Waals surface area contributed by atoms with E-state index < -0.39 is 30.5 Å². The first-order chi connectivity index (χ1) is 12.0. The van der Waals surface area contributed by atoms with Gasteiger partial charge in [0.2, 0.25) is 0 Å². The van der Waals surface area contributed by atoms with E-state index in [0.717, 1.165) is 12.1 Å². The van der Waals surface area contributed by atoms with E-state index in [9.17, 15) is 30.0 Å². The predicted molar refractivity (Wildman–Crippen MR) is 84.7 cm³/mol. The van der Waals surface area contributed by atoms with Gasteiger partial charge in [-0.05, 0) is 35.0 Å². The van der Waals surface area contributed by atoms with E-state index in [-0.39, 0.29) is 6.10 Å². The van der Waals surface area contributed by atoms with Gasteiger partial charge in [-0.1, -0.05) is 12.1 Å². The minimum Gasteiger partial charge on any atom is -0.491 e. The van der Waals surface area contributed by atoms with Gasteiger partial charge < -0.3 is 13.6 Å². The van der Waals surface area contributed by atoms with Gasteiger partial charge in [-0.3, -0.25) is 0 Å². The maximum absolute atomic E-state index is 12.3. The van der Waals surface area contributed by atoms with Crippen LogP contribution in [0.25, 0.3) is 14.9 Å². The number of sulfonamides is 2. The Labute approximate surface area is 146 Å². The summed E-state index contributed by atoms with van der Waals surface area (Å²) < 4.78 is 95.3. The minimum atomic E-state index is -6.17. The van der Waals surface area contributed by atoms with E-state index >= 15 is 0 Å². The number of halogens is 3. The summed E-state index contributed by atoms with van der Waals surface area (Å²) in [6, 6.07) is 7.98. The zero-order valence-electron chi connectivity index (χ0n) is 12.8. The SMILES string of the molecule is O=S(=O)([N-]S(=O)(=O)C(F)(F)F)c1ccc2cc(OCC3CO3)ccc2c1. The summed E-state index contributed by atoms with van der Waals surface area (Å²) in [7, 11) is -11.2. The van der Waals surface area contributed by atoms with Crippen molar-refractivity contribution in [2.75, 3.05) is 13.2 Å². The average Bonchev–Trinajstić information content (AvgIpc) is 3.34. The van der Waals surface area contributed by atoms with E-state index in [1.165, 1.54) is 12.1 Å². The number of hydrogen-bond donors (Lipinski definition) is 0. The summed E-state index contributed by atoms with van der Waals surface area (Å²) in [5, 5.41) is 0.914. The quantitative estimate of drug-likeness (QED) is 0.678. The normalized spacial score (nSPS) is 18.0. The van der Waals surface area contributed by atoms with Crippen LogP contribution >= 0.6 is 0 Å². The van der Waals surface area contributed by atoms with Gasteiger partial charge in [0.05, 0.1) is 6.61 Å². The number of rotatable bonds is 6. The zero-order valence-corrected chi connectivity index (χ0v) is 14.4. The molecule has 2 aromatic carbocycles. The van der Waals surface area contributed by atoms with Crippen molar-refractivity contribution in [2.24, 2.45) is 0 Å². The van der Waals surface area contributed by atoms with Gasteiger partial charge in [0, 0.05) is 4.90 Å². The maximum atomic E-state index is 12.3. The molecule has 7 nitrogen and oxygen atoms in total. The molecule has 0 aliphatic carbocycles. The Balaban J connectivity index is 1.86. The molecule has 0 amide bonds. The Hall–Kier alpha value is -1.89. The van der Waals surface area contributed by atoms with Crippen molar-refractivity contribution in [3.63, 3.8) is 0 Å². The van der Waals surface area contributed by atoms with E-state index in [4.69, 9.17) is 9.47 Å². The summed E-state index contributed by atoms with van der Waals surface area (Å²) in [6.45, 7) is 0.991. The Morgan fingerprint density at radius 3 is 2.31 bits per heavy atom. The van der Waals surface area contributed by atoms with Crippen LogP contribution in [-0.2, 0) is 24.8 Å².